The summed E-state index contributed by atoms with van der Waals surface area (Å²) in [4.78, 5) is 0. The van der Waals surface area contributed by atoms with Gasteiger partial charge < -0.3 is 5.73 Å². The van der Waals surface area contributed by atoms with E-state index in [4.69, 9.17) is 5.73 Å². The fourth-order valence-corrected chi connectivity index (χ4v) is 1.44. The van der Waals surface area contributed by atoms with Gasteiger partial charge in [0.25, 0.3) is 0 Å². The maximum atomic E-state index is 13.6. The summed E-state index contributed by atoms with van der Waals surface area (Å²) in [6.07, 6.45) is 0. The van der Waals surface area contributed by atoms with Crippen molar-refractivity contribution < 1.29 is 4.39 Å². The highest BCUT2D eigenvalue weighted by molar-refractivity contribution is 5.85. The summed E-state index contributed by atoms with van der Waals surface area (Å²) in [6, 6.07) is 11.0. The van der Waals surface area contributed by atoms with Crippen molar-refractivity contribution in [3.05, 3.63) is 47.8 Å². The van der Waals surface area contributed by atoms with E-state index in [9.17, 15) is 4.39 Å². The highest BCUT2D eigenvalue weighted by Gasteiger charge is 2.04. The standard InChI is InChI=1S/C11H10FN.ClH/c12-11-9(7-13)6-5-8-3-1-2-4-10(8)11;/h1-6H,7,13H2;1H. The van der Waals surface area contributed by atoms with E-state index >= 15 is 0 Å². The lowest BCUT2D eigenvalue weighted by molar-refractivity contribution is 0.623. The third-order valence-electron chi connectivity index (χ3n) is 2.16. The van der Waals surface area contributed by atoms with Gasteiger partial charge in [-0.25, -0.2) is 4.39 Å². The topological polar surface area (TPSA) is 26.0 Å². The Kier molecular flexibility index (Phi) is 3.44. The van der Waals surface area contributed by atoms with Crippen LogP contribution >= 0.6 is 12.4 Å². The third-order valence-corrected chi connectivity index (χ3v) is 2.16. The smallest absolute Gasteiger partial charge is 0.135 e. The molecule has 0 saturated carbocycles. The monoisotopic (exact) mass is 211 g/mol. The second-order valence-corrected chi connectivity index (χ2v) is 2.96. The predicted octanol–water partition coefficient (Wildman–Crippen LogP) is 2.86. The molecule has 2 aromatic carbocycles. The molecule has 0 aliphatic rings. The molecule has 14 heavy (non-hydrogen) atoms. The summed E-state index contributed by atoms with van der Waals surface area (Å²) in [7, 11) is 0. The molecule has 74 valence electrons. The van der Waals surface area contributed by atoms with E-state index in [1.54, 1.807) is 12.1 Å². The fraction of sp³-hybridized carbons (Fsp3) is 0.0909. The SMILES string of the molecule is Cl.NCc1ccc2ccccc2c1F. The first-order valence-corrected chi connectivity index (χ1v) is 4.19. The maximum absolute atomic E-state index is 13.6. The molecular formula is C11H11ClFN. The zero-order valence-corrected chi connectivity index (χ0v) is 8.35. The predicted molar refractivity (Wildman–Crippen MR) is 59.0 cm³/mol. The Bertz CT molecular complexity index is 442. The summed E-state index contributed by atoms with van der Waals surface area (Å²) in [6.45, 7) is 0.247. The Balaban J connectivity index is 0.000000980. The molecule has 0 amide bonds. The lowest BCUT2D eigenvalue weighted by Crippen LogP contribution is -1.99. The zero-order chi connectivity index (χ0) is 9.26. The molecule has 0 spiro atoms. The van der Waals surface area contributed by atoms with Gasteiger partial charge in [-0.1, -0.05) is 36.4 Å². The normalized spacial score (nSPS) is 9.86. The fourth-order valence-electron chi connectivity index (χ4n) is 1.44. The molecule has 2 aromatic rings. The van der Waals surface area contributed by atoms with Crippen LogP contribution in [0.15, 0.2) is 36.4 Å². The average Bonchev–Trinajstić information content (AvgIpc) is 2.19. The molecule has 0 saturated heterocycles. The number of rotatable bonds is 1. The van der Waals surface area contributed by atoms with E-state index in [-0.39, 0.29) is 24.8 Å². The van der Waals surface area contributed by atoms with E-state index < -0.39 is 0 Å². The summed E-state index contributed by atoms with van der Waals surface area (Å²) in [5.41, 5.74) is 5.97. The molecule has 0 aliphatic carbocycles. The lowest BCUT2D eigenvalue weighted by atomic mass is 10.1. The van der Waals surface area contributed by atoms with Gasteiger partial charge in [-0.15, -0.1) is 12.4 Å². The first-order valence-electron chi connectivity index (χ1n) is 4.19. The number of fused-ring (bicyclic) bond motifs is 1. The van der Waals surface area contributed by atoms with Crippen molar-refractivity contribution in [3.8, 4) is 0 Å². The van der Waals surface area contributed by atoms with Gasteiger partial charge in [0, 0.05) is 17.5 Å². The molecule has 1 nitrogen and oxygen atoms in total. The quantitative estimate of drug-likeness (QED) is 0.771. The highest BCUT2D eigenvalue weighted by atomic mass is 35.5. The Hall–Kier alpha value is -1.12. The Morgan fingerprint density at radius 2 is 1.79 bits per heavy atom. The van der Waals surface area contributed by atoms with Crippen LogP contribution in [0.2, 0.25) is 0 Å². The van der Waals surface area contributed by atoms with Gasteiger partial charge in [-0.2, -0.15) is 0 Å². The number of benzene rings is 2. The Morgan fingerprint density at radius 3 is 2.50 bits per heavy atom. The van der Waals surface area contributed by atoms with Gasteiger partial charge in [0.05, 0.1) is 0 Å². The van der Waals surface area contributed by atoms with Crippen LogP contribution in [0.5, 0.6) is 0 Å². The summed E-state index contributed by atoms with van der Waals surface area (Å²) in [5.74, 6) is -0.194. The van der Waals surface area contributed by atoms with Gasteiger partial charge in [-0.05, 0) is 5.39 Å². The number of halogens is 2. The van der Waals surface area contributed by atoms with Crippen molar-refractivity contribution >= 4 is 23.2 Å². The van der Waals surface area contributed by atoms with Gasteiger partial charge in [0.15, 0.2) is 0 Å². The molecule has 0 heterocycles. The van der Waals surface area contributed by atoms with Crippen LogP contribution in [0, 0.1) is 5.82 Å². The summed E-state index contributed by atoms with van der Waals surface area (Å²) < 4.78 is 13.6. The molecule has 0 aromatic heterocycles. The Labute approximate surface area is 88.1 Å². The van der Waals surface area contributed by atoms with E-state index in [1.807, 2.05) is 24.3 Å². The third kappa shape index (κ3) is 1.72. The second kappa shape index (κ2) is 4.40. The summed E-state index contributed by atoms with van der Waals surface area (Å²) >= 11 is 0. The molecule has 0 bridgehead atoms. The molecule has 0 aliphatic heterocycles. The van der Waals surface area contributed by atoms with Crippen LogP contribution < -0.4 is 5.73 Å². The number of hydrogen-bond donors (Lipinski definition) is 1. The van der Waals surface area contributed by atoms with Gasteiger partial charge in [0.1, 0.15) is 5.82 Å². The van der Waals surface area contributed by atoms with Crippen LogP contribution in [0.1, 0.15) is 5.56 Å². The molecule has 3 heteroatoms. The molecule has 0 atom stereocenters. The molecule has 2 N–H and O–H groups in total. The van der Waals surface area contributed by atoms with Crippen molar-refractivity contribution in [2.75, 3.05) is 0 Å². The van der Waals surface area contributed by atoms with Crippen LogP contribution in [0.25, 0.3) is 10.8 Å². The Morgan fingerprint density at radius 1 is 1.07 bits per heavy atom. The van der Waals surface area contributed by atoms with Crippen LogP contribution in [-0.4, -0.2) is 0 Å². The van der Waals surface area contributed by atoms with Crippen molar-refractivity contribution in [1.29, 1.82) is 0 Å². The van der Waals surface area contributed by atoms with E-state index in [0.717, 1.165) is 5.39 Å². The lowest BCUT2D eigenvalue weighted by Gasteiger charge is -2.03. The van der Waals surface area contributed by atoms with Crippen molar-refractivity contribution in [2.45, 2.75) is 6.54 Å². The first kappa shape index (κ1) is 11.0. The van der Waals surface area contributed by atoms with Crippen LogP contribution in [0.4, 0.5) is 4.39 Å². The molecular weight excluding hydrogens is 201 g/mol. The average molecular weight is 212 g/mol. The summed E-state index contributed by atoms with van der Waals surface area (Å²) in [5, 5.41) is 1.56. The minimum absolute atomic E-state index is 0. The zero-order valence-electron chi connectivity index (χ0n) is 7.53. The molecule has 0 unspecified atom stereocenters. The molecule has 0 radical (unpaired) electrons. The van der Waals surface area contributed by atoms with Crippen LogP contribution in [0.3, 0.4) is 0 Å². The van der Waals surface area contributed by atoms with Crippen molar-refractivity contribution in [1.82, 2.24) is 0 Å². The first-order chi connectivity index (χ1) is 6.33. The van der Waals surface area contributed by atoms with Gasteiger partial charge in [-0.3, -0.25) is 0 Å². The van der Waals surface area contributed by atoms with Crippen molar-refractivity contribution in [2.24, 2.45) is 5.73 Å². The highest BCUT2D eigenvalue weighted by Crippen LogP contribution is 2.20. The van der Waals surface area contributed by atoms with Gasteiger partial charge in [0.2, 0.25) is 0 Å². The largest absolute Gasteiger partial charge is 0.326 e. The molecule has 2 rings (SSSR count). The van der Waals surface area contributed by atoms with Gasteiger partial charge >= 0.3 is 0 Å². The maximum Gasteiger partial charge on any atom is 0.135 e. The van der Waals surface area contributed by atoms with E-state index in [2.05, 4.69) is 0 Å². The van der Waals surface area contributed by atoms with E-state index in [0.29, 0.717) is 10.9 Å². The number of hydrogen-bond acceptors (Lipinski definition) is 1. The second-order valence-electron chi connectivity index (χ2n) is 2.96. The van der Waals surface area contributed by atoms with Crippen molar-refractivity contribution in [3.63, 3.8) is 0 Å². The minimum atomic E-state index is -0.194. The molecule has 0 fully saturated rings. The minimum Gasteiger partial charge on any atom is -0.326 e. The number of nitrogens with two attached hydrogens (primary N) is 1. The van der Waals surface area contributed by atoms with Crippen LogP contribution in [-0.2, 0) is 6.54 Å². The van der Waals surface area contributed by atoms with E-state index in [1.165, 1.54) is 0 Å².